The Balaban J connectivity index is 2.20. The van der Waals surface area contributed by atoms with E-state index >= 15 is 0 Å². The van der Waals surface area contributed by atoms with Crippen LogP contribution in [-0.4, -0.2) is 17.0 Å². The molecule has 1 aromatic heterocycles. The number of hydrogen-bond acceptors (Lipinski definition) is 4. The van der Waals surface area contributed by atoms with Crippen molar-refractivity contribution >= 4 is 40.4 Å². The molecule has 1 amide bonds. The van der Waals surface area contributed by atoms with E-state index in [1.54, 1.807) is 23.6 Å². The van der Waals surface area contributed by atoms with E-state index in [1.807, 2.05) is 5.38 Å². The maximum Gasteiger partial charge on any atom is 0.256 e. The molecule has 2 rings (SSSR count). The molecule has 0 aliphatic rings. The molecule has 2 aromatic rings. The fraction of sp³-hybridized carbons (Fsp3) is 0. The summed E-state index contributed by atoms with van der Waals surface area (Å²) in [5.74, 6) is -0.280. The van der Waals surface area contributed by atoms with Gasteiger partial charge >= 0.3 is 0 Å². The number of nitrogens with zero attached hydrogens (tertiary/aromatic N) is 1. The summed E-state index contributed by atoms with van der Waals surface area (Å²) in [6.45, 7) is 0. The number of amidine groups is 1. The Labute approximate surface area is 118 Å². The van der Waals surface area contributed by atoms with Crippen molar-refractivity contribution in [3.63, 3.8) is 0 Å². The highest BCUT2D eigenvalue weighted by Gasteiger charge is 2.10. The van der Waals surface area contributed by atoms with E-state index < -0.39 is 0 Å². The van der Waals surface area contributed by atoms with Gasteiger partial charge in [-0.1, -0.05) is 16.8 Å². The van der Waals surface area contributed by atoms with Gasteiger partial charge in [0.25, 0.3) is 5.91 Å². The molecule has 0 atom stereocenters. The molecule has 1 aromatic carbocycles. The van der Waals surface area contributed by atoms with Crippen LogP contribution in [-0.2, 0) is 0 Å². The number of oxime groups is 1. The molecule has 0 aliphatic heterocycles. The normalized spacial score (nSPS) is 11.3. The zero-order chi connectivity index (χ0) is 13.8. The molecule has 0 saturated carbocycles. The average Bonchev–Trinajstić information content (AvgIpc) is 2.94. The third kappa shape index (κ3) is 3.04. The second kappa shape index (κ2) is 5.73. The van der Waals surface area contributed by atoms with Gasteiger partial charge in [0.15, 0.2) is 5.84 Å². The molecule has 4 N–H and O–H groups in total. The molecular weight excluding hydrogens is 286 g/mol. The third-order valence-electron chi connectivity index (χ3n) is 2.40. The predicted molar refractivity (Wildman–Crippen MR) is 76.2 cm³/mol. The molecule has 0 aliphatic carbocycles. The topological polar surface area (TPSA) is 87.7 Å². The van der Waals surface area contributed by atoms with Crippen molar-refractivity contribution in [3.05, 3.63) is 51.2 Å². The Morgan fingerprint density at radius 3 is 2.74 bits per heavy atom. The number of carbonyl (C=O) groups excluding carboxylic acids is 1. The van der Waals surface area contributed by atoms with Crippen molar-refractivity contribution in [1.29, 1.82) is 0 Å². The number of nitrogens with two attached hydrogens (primary N) is 1. The Morgan fingerprint density at radius 1 is 1.37 bits per heavy atom. The van der Waals surface area contributed by atoms with Gasteiger partial charge in [-0.05, 0) is 29.6 Å². The zero-order valence-corrected chi connectivity index (χ0v) is 11.2. The summed E-state index contributed by atoms with van der Waals surface area (Å²) < 4.78 is 0. The molecule has 0 unspecified atom stereocenters. The highest BCUT2D eigenvalue weighted by molar-refractivity contribution is 7.08. The summed E-state index contributed by atoms with van der Waals surface area (Å²) in [7, 11) is 0. The third-order valence-corrected chi connectivity index (χ3v) is 3.40. The second-order valence-electron chi connectivity index (χ2n) is 3.65. The first kappa shape index (κ1) is 13.4. The quantitative estimate of drug-likeness (QED) is 0.352. The van der Waals surface area contributed by atoms with Crippen molar-refractivity contribution in [2.45, 2.75) is 0 Å². The van der Waals surface area contributed by atoms with E-state index in [0.717, 1.165) is 0 Å². The maximum atomic E-state index is 11.9. The predicted octanol–water partition coefficient (Wildman–Crippen LogP) is 2.75. The molecule has 98 valence electrons. The van der Waals surface area contributed by atoms with Crippen molar-refractivity contribution in [2.75, 3.05) is 5.32 Å². The van der Waals surface area contributed by atoms with E-state index in [9.17, 15) is 4.79 Å². The van der Waals surface area contributed by atoms with E-state index in [-0.39, 0.29) is 11.7 Å². The van der Waals surface area contributed by atoms with Crippen LogP contribution in [0.2, 0.25) is 5.02 Å². The number of amides is 1. The highest BCUT2D eigenvalue weighted by Crippen LogP contribution is 2.24. The molecule has 19 heavy (non-hydrogen) atoms. The van der Waals surface area contributed by atoms with E-state index in [2.05, 4.69) is 10.5 Å². The first-order valence-corrected chi connectivity index (χ1v) is 6.55. The Kier molecular flexibility index (Phi) is 4.03. The molecule has 0 radical (unpaired) electrons. The lowest BCUT2D eigenvalue weighted by atomic mass is 10.2. The van der Waals surface area contributed by atoms with Crippen LogP contribution in [0.1, 0.15) is 15.9 Å². The fourth-order valence-corrected chi connectivity index (χ4v) is 2.29. The van der Waals surface area contributed by atoms with Gasteiger partial charge < -0.3 is 16.3 Å². The van der Waals surface area contributed by atoms with Crippen molar-refractivity contribution in [3.8, 4) is 0 Å². The van der Waals surface area contributed by atoms with E-state index in [0.29, 0.717) is 21.8 Å². The molecular formula is C12H10ClN3O2S. The summed E-state index contributed by atoms with van der Waals surface area (Å²) in [6.07, 6.45) is 0. The van der Waals surface area contributed by atoms with Crippen LogP contribution in [0, 0.1) is 0 Å². The van der Waals surface area contributed by atoms with Gasteiger partial charge in [0.05, 0.1) is 16.3 Å². The van der Waals surface area contributed by atoms with Crippen LogP contribution in [0.4, 0.5) is 5.69 Å². The lowest BCUT2D eigenvalue weighted by Gasteiger charge is -2.07. The number of anilines is 1. The smallest absolute Gasteiger partial charge is 0.256 e. The van der Waals surface area contributed by atoms with Crippen molar-refractivity contribution < 1.29 is 10.0 Å². The molecule has 0 fully saturated rings. The number of nitrogens with one attached hydrogen (secondary N) is 1. The first-order chi connectivity index (χ1) is 9.11. The number of hydrogen-bond donors (Lipinski definition) is 3. The zero-order valence-electron chi connectivity index (χ0n) is 9.63. The van der Waals surface area contributed by atoms with Crippen LogP contribution < -0.4 is 11.1 Å². The van der Waals surface area contributed by atoms with Crippen LogP contribution in [0.15, 0.2) is 40.2 Å². The largest absolute Gasteiger partial charge is 0.409 e. The lowest BCUT2D eigenvalue weighted by molar-refractivity contribution is 0.102. The monoisotopic (exact) mass is 295 g/mol. The SMILES string of the molecule is N/C(=N/O)c1ccc(NC(=O)c2ccsc2)c(Cl)c1. The Hall–Kier alpha value is -2.05. The lowest BCUT2D eigenvalue weighted by Crippen LogP contribution is -2.14. The molecule has 1 heterocycles. The molecule has 0 saturated heterocycles. The second-order valence-corrected chi connectivity index (χ2v) is 4.83. The first-order valence-electron chi connectivity index (χ1n) is 5.23. The number of benzene rings is 1. The van der Waals surface area contributed by atoms with Crippen molar-refractivity contribution in [1.82, 2.24) is 0 Å². The van der Waals surface area contributed by atoms with Gasteiger partial charge in [-0.25, -0.2) is 0 Å². The Bertz CT molecular complexity index is 626. The summed E-state index contributed by atoms with van der Waals surface area (Å²) in [5.41, 5.74) is 6.96. The average molecular weight is 296 g/mol. The molecule has 5 nitrogen and oxygen atoms in total. The minimum atomic E-state index is -0.236. The van der Waals surface area contributed by atoms with Gasteiger partial charge in [0.2, 0.25) is 0 Å². The standard InChI is InChI=1S/C12H10ClN3O2S/c13-9-5-7(11(14)16-18)1-2-10(9)15-12(17)8-3-4-19-6-8/h1-6,18H,(H2,14,16)(H,15,17). The number of thiophene rings is 1. The van der Waals surface area contributed by atoms with E-state index in [1.165, 1.54) is 17.4 Å². The molecule has 0 spiro atoms. The van der Waals surface area contributed by atoms with Gasteiger partial charge in [0.1, 0.15) is 0 Å². The fourth-order valence-electron chi connectivity index (χ4n) is 1.42. The summed E-state index contributed by atoms with van der Waals surface area (Å²) in [5, 5.41) is 18.0. The van der Waals surface area contributed by atoms with Crippen LogP contribution in [0.5, 0.6) is 0 Å². The van der Waals surface area contributed by atoms with E-state index in [4.69, 9.17) is 22.5 Å². The van der Waals surface area contributed by atoms with Crippen molar-refractivity contribution in [2.24, 2.45) is 10.9 Å². The molecule has 7 heteroatoms. The maximum absolute atomic E-state index is 11.9. The summed E-state index contributed by atoms with van der Waals surface area (Å²) in [4.78, 5) is 11.9. The highest BCUT2D eigenvalue weighted by atomic mass is 35.5. The van der Waals surface area contributed by atoms with Gasteiger partial charge in [-0.15, -0.1) is 0 Å². The van der Waals surface area contributed by atoms with Crippen LogP contribution >= 0.6 is 22.9 Å². The number of halogens is 1. The summed E-state index contributed by atoms with van der Waals surface area (Å²) >= 11 is 7.47. The van der Waals surface area contributed by atoms with Gasteiger partial charge in [0, 0.05) is 10.9 Å². The minimum Gasteiger partial charge on any atom is -0.409 e. The molecule has 0 bridgehead atoms. The summed E-state index contributed by atoms with van der Waals surface area (Å²) in [6, 6.07) is 6.43. The number of rotatable bonds is 3. The van der Waals surface area contributed by atoms with Gasteiger partial charge in [-0.2, -0.15) is 11.3 Å². The number of carbonyl (C=O) groups is 1. The minimum absolute atomic E-state index is 0.0439. The Morgan fingerprint density at radius 2 is 2.16 bits per heavy atom. The van der Waals surface area contributed by atoms with Crippen LogP contribution in [0.3, 0.4) is 0 Å². The van der Waals surface area contributed by atoms with Crippen LogP contribution in [0.25, 0.3) is 0 Å². The van der Waals surface area contributed by atoms with Gasteiger partial charge in [-0.3, -0.25) is 4.79 Å².